The van der Waals surface area contributed by atoms with Crippen LogP contribution in [0.3, 0.4) is 0 Å². The first-order chi connectivity index (χ1) is 15.7. The molecule has 0 aliphatic carbocycles. The van der Waals surface area contributed by atoms with Gasteiger partial charge in [0.05, 0.1) is 24.2 Å². The third-order valence-corrected chi connectivity index (χ3v) is 5.25. The molecule has 2 N–H and O–H groups in total. The van der Waals surface area contributed by atoms with Crippen LogP contribution in [0.2, 0.25) is 0 Å². The summed E-state index contributed by atoms with van der Waals surface area (Å²) in [6, 6.07) is 12.7. The number of alkyl halides is 3. The molecule has 4 rings (SSSR count). The molecule has 0 saturated carbocycles. The minimum atomic E-state index is -4.76. The van der Waals surface area contributed by atoms with Crippen LogP contribution in [0.4, 0.5) is 18.9 Å². The SMILES string of the molecule is COC(=O)c1cc(-c2ccc(Br)cc2N2NNC=C2c2ccc(OC(F)(F)F)cc2)n(C)n1. The molecular formula is C21H17BrF3N5O3. The van der Waals surface area contributed by atoms with E-state index >= 15 is 0 Å². The lowest BCUT2D eigenvalue weighted by Gasteiger charge is -2.24. The second-order valence-electron chi connectivity index (χ2n) is 6.88. The number of benzene rings is 2. The Kier molecular flexibility index (Phi) is 6.04. The Hall–Kier alpha value is -3.51. The quantitative estimate of drug-likeness (QED) is 0.481. The van der Waals surface area contributed by atoms with Crippen LogP contribution in [0.1, 0.15) is 16.1 Å². The van der Waals surface area contributed by atoms with Gasteiger partial charge in [0.1, 0.15) is 5.75 Å². The Morgan fingerprint density at radius 1 is 1.12 bits per heavy atom. The maximum Gasteiger partial charge on any atom is 0.573 e. The van der Waals surface area contributed by atoms with E-state index in [-0.39, 0.29) is 11.4 Å². The largest absolute Gasteiger partial charge is 0.573 e. The molecule has 0 amide bonds. The molecule has 8 nitrogen and oxygen atoms in total. The summed E-state index contributed by atoms with van der Waals surface area (Å²) in [6.07, 6.45) is -3.09. The van der Waals surface area contributed by atoms with Crippen LogP contribution >= 0.6 is 15.9 Å². The second-order valence-corrected chi connectivity index (χ2v) is 7.80. The molecule has 0 atom stereocenters. The average Bonchev–Trinajstić information content (AvgIpc) is 3.39. The van der Waals surface area contributed by atoms with Crippen molar-refractivity contribution >= 4 is 33.3 Å². The van der Waals surface area contributed by atoms with Gasteiger partial charge in [0.2, 0.25) is 0 Å². The zero-order chi connectivity index (χ0) is 23.8. The molecule has 0 fully saturated rings. The number of hydrogen-bond acceptors (Lipinski definition) is 7. The molecule has 0 bridgehead atoms. The van der Waals surface area contributed by atoms with Gasteiger partial charge in [-0.2, -0.15) is 5.10 Å². The van der Waals surface area contributed by atoms with E-state index in [9.17, 15) is 18.0 Å². The lowest BCUT2D eigenvalue weighted by molar-refractivity contribution is -0.274. The fourth-order valence-corrected chi connectivity index (χ4v) is 3.70. The van der Waals surface area contributed by atoms with Crippen LogP contribution < -0.4 is 20.7 Å². The van der Waals surface area contributed by atoms with Crippen molar-refractivity contribution < 1.29 is 27.4 Å². The maximum absolute atomic E-state index is 12.5. The number of carbonyl (C=O) groups excluding carboxylic acids is 1. The first-order valence-electron chi connectivity index (χ1n) is 9.46. The van der Waals surface area contributed by atoms with Gasteiger partial charge >= 0.3 is 12.3 Å². The first-order valence-corrected chi connectivity index (χ1v) is 10.3. The van der Waals surface area contributed by atoms with Gasteiger partial charge in [-0.1, -0.05) is 15.9 Å². The summed E-state index contributed by atoms with van der Waals surface area (Å²) in [5, 5.41) is 5.95. The molecule has 0 radical (unpaired) electrons. The molecule has 1 aromatic heterocycles. The van der Waals surface area contributed by atoms with E-state index in [0.29, 0.717) is 22.6 Å². The summed E-state index contributed by atoms with van der Waals surface area (Å²) in [6.45, 7) is 0. The third kappa shape index (κ3) is 4.81. The van der Waals surface area contributed by atoms with Gasteiger partial charge in [0.15, 0.2) is 5.69 Å². The standard InChI is InChI=1S/C21H17BrF3N5O3/c1-29-17(10-16(27-29)20(31)32-2)15-8-5-13(22)9-18(15)30-19(11-26-28-30)12-3-6-14(7-4-12)33-21(23,24)25/h3-11,26,28H,1-2H3. The van der Waals surface area contributed by atoms with E-state index in [1.807, 2.05) is 18.2 Å². The number of esters is 1. The smallest absolute Gasteiger partial charge is 0.464 e. The van der Waals surface area contributed by atoms with Crippen LogP contribution in [0.25, 0.3) is 17.0 Å². The number of hydrazine groups is 2. The highest BCUT2D eigenvalue weighted by Crippen LogP contribution is 2.37. The first kappa shape index (κ1) is 22.7. The van der Waals surface area contributed by atoms with Gasteiger partial charge < -0.3 is 14.9 Å². The summed E-state index contributed by atoms with van der Waals surface area (Å²) >= 11 is 3.47. The number of hydrogen-bond donors (Lipinski definition) is 2. The zero-order valence-electron chi connectivity index (χ0n) is 17.3. The van der Waals surface area contributed by atoms with Gasteiger partial charge in [0, 0.05) is 28.8 Å². The fourth-order valence-electron chi connectivity index (χ4n) is 3.35. The normalized spacial score (nSPS) is 13.5. The fraction of sp³-hybridized carbons (Fsp3) is 0.143. The molecule has 0 saturated heterocycles. The van der Waals surface area contributed by atoms with Gasteiger partial charge in [-0.3, -0.25) is 9.69 Å². The number of aromatic nitrogens is 2. The van der Waals surface area contributed by atoms with E-state index in [1.54, 1.807) is 29.0 Å². The molecule has 0 spiro atoms. The number of carbonyl (C=O) groups is 1. The lowest BCUT2D eigenvalue weighted by atomic mass is 10.1. The number of halogens is 4. The van der Waals surface area contributed by atoms with Crippen molar-refractivity contribution in [1.29, 1.82) is 0 Å². The highest BCUT2D eigenvalue weighted by atomic mass is 79.9. The topological polar surface area (TPSA) is 80.6 Å². The molecule has 172 valence electrons. The van der Waals surface area contributed by atoms with Crippen molar-refractivity contribution in [2.24, 2.45) is 7.05 Å². The average molecular weight is 524 g/mol. The number of nitrogens with one attached hydrogen (secondary N) is 2. The van der Waals surface area contributed by atoms with Crippen molar-refractivity contribution in [2.45, 2.75) is 6.36 Å². The predicted octanol–water partition coefficient (Wildman–Crippen LogP) is 4.36. The van der Waals surface area contributed by atoms with Gasteiger partial charge in [-0.15, -0.1) is 18.7 Å². The van der Waals surface area contributed by atoms with E-state index in [2.05, 4.69) is 36.7 Å². The summed E-state index contributed by atoms with van der Waals surface area (Å²) < 4.78 is 48.5. The molecule has 12 heteroatoms. The lowest BCUT2D eigenvalue weighted by Crippen LogP contribution is -2.37. The maximum atomic E-state index is 12.5. The number of nitrogens with zero attached hydrogens (tertiary/aromatic N) is 3. The summed E-state index contributed by atoms with van der Waals surface area (Å²) in [5.41, 5.74) is 9.43. The molecule has 1 aliphatic heterocycles. The van der Waals surface area contributed by atoms with Gasteiger partial charge in [-0.05, 0) is 48.5 Å². The Balaban J connectivity index is 1.71. The number of ether oxygens (including phenoxy) is 2. The molecule has 0 unspecified atom stereocenters. The van der Waals surface area contributed by atoms with Crippen molar-refractivity contribution in [1.82, 2.24) is 20.7 Å². The molecule has 3 aromatic rings. The minimum Gasteiger partial charge on any atom is -0.464 e. The Bertz CT molecular complexity index is 1220. The second kappa shape index (κ2) is 8.79. The molecular weight excluding hydrogens is 507 g/mol. The van der Waals surface area contributed by atoms with Crippen LogP contribution in [-0.2, 0) is 11.8 Å². The zero-order valence-corrected chi connectivity index (χ0v) is 18.9. The van der Waals surface area contributed by atoms with Crippen molar-refractivity contribution in [2.75, 3.05) is 12.1 Å². The van der Waals surface area contributed by atoms with E-state index in [0.717, 1.165) is 10.0 Å². The van der Waals surface area contributed by atoms with Crippen LogP contribution in [0.5, 0.6) is 5.75 Å². The molecule has 2 heterocycles. The van der Waals surface area contributed by atoms with Gasteiger partial charge in [0.25, 0.3) is 0 Å². The van der Waals surface area contributed by atoms with E-state index in [4.69, 9.17) is 4.74 Å². The highest BCUT2D eigenvalue weighted by Gasteiger charge is 2.31. The number of methoxy groups -OCH3 is 1. The molecule has 33 heavy (non-hydrogen) atoms. The predicted molar refractivity (Wildman–Crippen MR) is 118 cm³/mol. The van der Waals surface area contributed by atoms with Crippen LogP contribution in [0.15, 0.2) is 59.2 Å². The molecule has 2 aromatic carbocycles. The van der Waals surface area contributed by atoms with Gasteiger partial charge in [-0.25, -0.2) is 4.79 Å². The Morgan fingerprint density at radius 2 is 1.85 bits per heavy atom. The third-order valence-electron chi connectivity index (χ3n) is 4.76. The minimum absolute atomic E-state index is 0.160. The summed E-state index contributed by atoms with van der Waals surface area (Å²) in [4.78, 5) is 11.9. The summed E-state index contributed by atoms with van der Waals surface area (Å²) in [5.74, 6) is -0.871. The van der Waals surface area contributed by atoms with Crippen LogP contribution in [-0.4, -0.2) is 29.2 Å². The monoisotopic (exact) mass is 523 g/mol. The molecule has 1 aliphatic rings. The highest BCUT2D eigenvalue weighted by molar-refractivity contribution is 9.10. The number of anilines is 1. The van der Waals surface area contributed by atoms with E-state index in [1.165, 1.54) is 31.4 Å². The number of rotatable bonds is 5. The van der Waals surface area contributed by atoms with E-state index < -0.39 is 12.3 Å². The Morgan fingerprint density at radius 3 is 2.52 bits per heavy atom. The van der Waals surface area contributed by atoms with Crippen molar-refractivity contribution in [3.63, 3.8) is 0 Å². The van der Waals surface area contributed by atoms with Crippen molar-refractivity contribution in [3.05, 3.63) is 70.5 Å². The Labute approximate surface area is 194 Å². The van der Waals surface area contributed by atoms with Crippen molar-refractivity contribution in [3.8, 4) is 17.0 Å². The summed E-state index contributed by atoms with van der Waals surface area (Å²) in [7, 11) is 2.99. The van der Waals surface area contributed by atoms with Crippen LogP contribution in [0, 0.1) is 0 Å². The number of aryl methyl sites for hydroxylation is 1.